The van der Waals surface area contributed by atoms with Gasteiger partial charge in [0, 0.05) is 37.4 Å². The van der Waals surface area contributed by atoms with Crippen LogP contribution >= 0.6 is 11.5 Å². The number of alkyl halides is 2. The summed E-state index contributed by atoms with van der Waals surface area (Å²) in [5.74, 6) is 1.68. The van der Waals surface area contributed by atoms with E-state index in [-0.39, 0.29) is 11.9 Å². The Morgan fingerprint density at radius 1 is 1.34 bits per heavy atom. The number of hydrogen-bond acceptors (Lipinski definition) is 8. The largest absolute Gasteiger partial charge is 0.469 e. The predicted octanol–water partition coefficient (Wildman–Crippen LogP) is 2.86. The molecule has 1 aliphatic heterocycles. The Morgan fingerprint density at radius 3 is 3.03 bits per heavy atom. The number of halogens is 2. The van der Waals surface area contributed by atoms with Crippen molar-refractivity contribution in [2.24, 2.45) is 11.8 Å². The van der Waals surface area contributed by atoms with Crippen LogP contribution in [0.4, 0.5) is 19.7 Å². The molecule has 5 rings (SSSR count). The van der Waals surface area contributed by atoms with Crippen LogP contribution in [0.3, 0.4) is 0 Å². The second kappa shape index (κ2) is 7.36. The van der Waals surface area contributed by atoms with Crippen molar-refractivity contribution in [1.82, 2.24) is 24.0 Å². The van der Waals surface area contributed by atoms with Crippen LogP contribution in [0, 0.1) is 18.8 Å². The van der Waals surface area contributed by atoms with E-state index in [1.54, 1.807) is 17.7 Å². The summed E-state index contributed by atoms with van der Waals surface area (Å²) in [6, 6.07) is 2.42. The standard InChI is InChI=1S/C18H21F2N7OS/c1-10-6-15(29-25-10)26-7-11-2-3-13(12(11)8-26)22-18-23-16-17(28-9-14(19)20)21-4-5-27(16)24-18/h4-6,11-14H,2-3,7-9H2,1H3,(H,22,24)/t11?,12-,13-/m1/s1. The highest BCUT2D eigenvalue weighted by Gasteiger charge is 2.43. The third-order valence-corrected chi connectivity index (χ3v) is 6.61. The van der Waals surface area contributed by atoms with Crippen molar-refractivity contribution in [1.29, 1.82) is 0 Å². The van der Waals surface area contributed by atoms with Crippen molar-refractivity contribution in [3.8, 4) is 5.88 Å². The van der Waals surface area contributed by atoms with E-state index in [0.717, 1.165) is 31.6 Å². The minimum Gasteiger partial charge on any atom is -0.469 e. The van der Waals surface area contributed by atoms with Crippen molar-refractivity contribution in [3.05, 3.63) is 24.2 Å². The van der Waals surface area contributed by atoms with Gasteiger partial charge in [-0.1, -0.05) is 0 Å². The van der Waals surface area contributed by atoms with E-state index in [0.29, 0.717) is 23.4 Å². The minimum absolute atomic E-state index is 0.0604. The predicted molar refractivity (Wildman–Crippen MR) is 105 cm³/mol. The summed E-state index contributed by atoms with van der Waals surface area (Å²) in [6.07, 6.45) is 2.75. The molecule has 154 valence electrons. The summed E-state index contributed by atoms with van der Waals surface area (Å²) in [6.45, 7) is 3.34. The van der Waals surface area contributed by atoms with Crippen LogP contribution in [0.25, 0.3) is 5.65 Å². The molecule has 11 heteroatoms. The van der Waals surface area contributed by atoms with Gasteiger partial charge in [0.2, 0.25) is 11.6 Å². The van der Waals surface area contributed by atoms with Crippen LogP contribution in [0.1, 0.15) is 18.5 Å². The Hall–Kier alpha value is -2.56. The number of anilines is 2. The summed E-state index contributed by atoms with van der Waals surface area (Å²) in [7, 11) is 0. The van der Waals surface area contributed by atoms with Gasteiger partial charge in [-0.15, -0.1) is 5.10 Å². The fourth-order valence-corrected chi connectivity index (χ4v) is 5.17. The van der Waals surface area contributed by atoms with Gasteiger partial charge in [0.05, 0.1) is 5.69 Å². The molecule has 8 nitrogen and oxygen atoms in total. The maximum absolute atomic E-state index is 12.5. The Balaban J connectivity index is 1.30. The molecule has 2 fully saturated rings. The normalized spacial score (nSPS) is 23.9. The van der Waals surface area contributed by atoms with Gasteiger partial charge in [-0.3, -0.25) is 0 Å². The number of nitrogens with zero attached hydrogens (tertiary/aromatic N) is 6. The Morgan fingerprint density at radius 2 is 2.24 bits per heavy atom. The third-order valence-electron chi connectivity index (χ3n) is 5.67. The number of aryl methyl sites for hydroxylation is 1. The van der Waals surface area contributed by atoms with Gasteiger partial charge >= 0.3 is 0 Å². The molecule has 3 atom stereocenters. The Bertz CT molecular complexity index is 1010. The van der Waals surface area contributed by atoms with Crippen LogP contribution in [0.5, 0.6) is 5.88 Å². The average Bonchev–Trinajstić information content (AvgIpc) is 3.44. The van der Waals surface area contributed by atoms with Crippen LogP contribution < -0.4 is 15.0 Å². The average molecular weight is 421 g/mol. The molecular weight excluding hydrogens is 400 g/mol. The zero-order valence-corrected chi connectivity index (χ0v) is 16.6. The van der Waals surface area contributed by atoms with Gasteiger partial charge in [-0.05, 0) is 43.3 Å². The fourth-order valence-electron chi connectivity index (χ4n) is 4.39. The number of aromatic nitrogens is 5. The molecule has 1 aliphatic carbocycles. The molecule has 0 bridgehead atoms. The van der Waals surface area contributed by atoms with E-state index in [2.05, 4.69) is 35.7 Å². The molecule has 1 N–H and O–H groups in total. The van der Waals surface area contributed by atoms with Crippen LogP contribution in [-0.2, 0) is 0 Å². The first-order chi connectivity index (χ1) is 14.1. The maximum Gasteiger partial charge on any atom is 0.272 e. The lowest BCUT2D eigenvalue weighted by Crippen LogP contribution is -2.30. The van der Waals surface area contributed by atoms with Crippen molar-refractivity contribution in [3.63, 3.8) is 0 Å². The number of fused-ring (bicyclic) bond motifs is 2. The van der Waals surface area contributed by atoms with Gasteiger partial charge in [-0.25, -0.2) is 18.3 Å². The zero-order chi connectivity index (χ0) is 20.0. The molecule has 0 radical (unpaired) electrons. The minimum atomic E-state index is -2.57. The summed E-state index contributed by atoms with van der Waals surface area (Å²) < 4.78 is 35.9. The quantitative estimate of drug-likeness (QED) is 0.656. The molecular formula is C18H21F2N7OS. The maximum atomic E-state index is 12.5. The Kier molecular flexibility index (Phi) is 4.69. The molecule has 0 amide bonds. The molecule has 0 spiro atoms. The van der Waals surface area contributed by atoms with Crippen LogP contribution in [0.2, 0.25) is 0 Å². The zero-order valence-electron chi connectivity index (χ0n) is 15.8. The lowest BCUT2D eigenvalue weighted by atomic mass is 9.98. The van der Waals surface area contributed by atoms with Gasteiger partial charge < -0.3 is 15.0 Å². The van der Waals surface area contributed by atoms with Crippen molar-refractivity contribution in [2.45, 2.75) is 32.2 Å². The van der Waals surface area contributed by atoms with E-state index < -0.39 is 13.0 Å². The molecule has 0 aromatic carbocycles. The topological polar surface area (TPSA) is 80.5 Å². The molecule has 2 aliphatic rings. The summed E-state index contributed by atoms with van der Waals surface area (Å²) >= 11 is 1.56. The molecule has 1 saturated carbocycles. The van der Waals surface area contributed by atoms with Gasteiger partial charge in [0.15, 0.2) is 6.61 Å². The first kappa shape index (κ1) is 18.5. The summed E-state index contributed by atoms with van der Waals surface area (Å²) in [5, 5.41) is 9.11. The summed E-state index contributed by atoms with van der Waals surface area (Å²) in [4.78, 5) is 10.9. The second-order valence-corrected chi connectivity index (χ2v) is 8.39. The first-order valence-corrected chi connectivity index (χ1v) is 10.4. The fraction of sp³-hybridized carbons (Fsp3) is 0.556. The van der Waals surface area contributed by atoms with E-state index in [1.165, 1.54) is 15.7 Å². The SMILES string of the molecule is Cc1cc(N2CC3CC[C@@H](Nc4nc5c(OCC(F)F)nccn5n4)[C@@H]3C2)sn1. The van der Waals surface area contributed by atoms with E-state index in [4.69, 9.17) is 4.74 Å². The molecule has 3 aromatic heterocycles. The van der Waals surface area contributed by atoms with Gasteiger partial charge in [0.25, 0.3) is 12.3 Å². The van der Waals surface area contributed by atoms with Crippen molar-refractivity contribution < 1.29 is 13.5 Å². The highest BCUT2D eigenvalue weighted by Crippen LogP contribution is 2.41. The number of nitrogens with one attached hydrogen (secondary N) is 1. The number of hydrogen-bond donors (Lipinski definition) is 1. The third kappa shape index (κ3) is 3.59. The van der Waals surface area contributed by atoms with Gasteiger partial charge in [0.1, 0.15) is 5.00 Å². The second-order valence-electron chi connectivity index (χ2n) is 7.60. The highest BCUT2D eigenvalue weighted by atomic mass is 32.1. The van der Waals surface area contributed by atoms with Gasteiger partial charge in [-0.2, -0.15) is 9.36 Å². The first-order valence-electron chi connectivity index (χ1n) is 9.64. The van der Waals surface area contributed by atoms with E-state index in [1.807, 2.05) is 6.92 Å². The van der Waals surface area contributed by atoms with Crippen molar-refractivity contribution >= 4 is 28.1 Å². The molecule has 4 heterocycles. The molecule has 1 unspecified atom stereocenters. The van der Waals surface area contributed by atoms with Crippen molar-refractivity contribution in [2.75, 3.05) is 29.9 Å². The highest BCUT2D eigenvalue weighted by molar-refractivity contribution is 7.10. The number of rotatable bonds is 6. The lowest BCUT2D eigenvalue weighted by molar-refractivity contribution is 0.0801. The molecule has 29 heavy (non-hydrogen) atoms. The molecule has 3 aromatic rings. The number of ether oxygens (including phenoxy) is 1. The monoisotopic (exact) mass is 421 g/mol. The van der Waals surface area contributed by atoms with Crippen LogP contribution in [-0.4, -0.2) is 56.1 Å². The summed E-state index contributed by atoms with van der Waals surface area (Å²) in [5.41, 5.74) is 1.39. The van der Waals surface area contributed by atoms with E-state index in [9.17, 15) is 8.78 Å². The van der Waals surface area contributed by atoms with E-state index >= 15 is 0 Å². The van der Waals surface area contributed by atoms with Crippen LogP contribution in [0.15, 0.2) is 18.5 Å². The Labute approximate surface area is 170 Å². The lowest BCUT2D eigenvalue weighted by Gasteiger charge is -2.21. The smallest absolute Gasteiger partial charge is 0.272 e. The molecule has 1 saturated heterocycles.